The Morgan fingerprint density at radius 3 is 2.80 bits per heavy atom. The van der Waals surface area contributed by atoms with Gasteiger partial charge in [0.25, 0.3) is 0 Å². The van der Waals surface area contributed by atoms with Crippen LogP contribution in [0, 0.1) is 0 Å². The molecule has 0 aliphatic heterocycles. The van der Waals surface area contributed by atoms with E-state index in [-0.39, 0.29) is 5.88 Å². The number of para-hydroxylation sites is 1. The Morgan fingerprint density at radius 2 is 2.13 bits per heavy atom. The number of hydrogen-bond donors (Lipinski definition) is 2. The summed E-state index contributed by atoms with van der Waals surface area (Å²) in [7, 11) is 0. The molecule has 0 spiro atoms. The lowest BCUT2D eigenvalue weighted by molar-refractivity contribution is 0.436. The maximum absolute atomic E-state index is 10.8. The molecule has 0 atom stereocenters. The van der Waals surface area contributed by atoms with E-state index in [4.69, 9.17) is 5.73 Å². The molecule has 0 unspecified atom stereocenters. The molecule has 1 aromatic heterocycles. The minimum absolute atomic E-state index is 0.00310. The number of nitrogens with two attached hydrogens (primary N) is 1. The zero-order valence-electron chi connectivity index (χ0n) is 8.18. The van der Waals surface area contributed by atoms with Gasteiger partial charge in [0, 0.05) is 10.9 Å². The second-order valence-electron chi connectivity index (χ2n) is 3.33. The van der Waals surface area contributed by atoms with E-state index in [9.17, 15) is 9.90 Å². The zero-order chi connectivity index (χ0) is 10.8. The Balaban J connectivity index is 2.78. The van der Waals surface area contributed by atoms with Gasteiger partial charge >= 0.3 is 0 Å². The van der Waals surface area contributed by atoms with Gasteiger partial charge in [-0.05, 0) is 19.0 Å². The van der Waals surface area contributed by atoms with E-state index in [0.29, 0.717) is 24.9 Å². The van der Waals surface area contributed by atoms with Crippen LogP contribution >= 0.6 is 0 Å². The van der Waals surface area contributed by atoms with Crippen LogP contribution < -0.4 is 5.73 Å². The normalized spacial score (nSPS) is 10.7. The summed E-state index contributed by atoms with van der Waals surface area (Å²) >= 11 is 0. The number of benzene rings is 1. The summed E-state index contributed by atoms with van der Waals surface area (Å²) in [6, 6.07) is 7.37. The largest absolute Gasteiger partial charge is 0.494 e. The van der Waals surface area contributed by atoms with Crippen LogP contribution in [0.1, 0.15) is 5.56 Å². The van der Waals surface area contributed by atoms with E-state index >= 15 is 0 Å². The second kappa shape index (κ2) is 3.74. The van der Waals surface area contributed by atoms with Crippen LogP contribution in [-0.4, -0.2) is 22.6 Å². The molecule has 0 bridgehead atoms. The van der Waals surface area contributed by atoms with Crippen molar-refractivity contribution in [2.24, 2.45) is 5.73 Å². The highest BCUT2D eigenvalue weighted by molar-refractivity contribution is 5.91. The highest BCUT2D eigenvalue weighted by atomic mass is 16.3. The molecule has 2 aromatic rings. The summed E-state index contributed by atoms with van der Waals surface area (Å²) in [5, 5.41) is 10.7. The zero-order valence-corrected chi connectivity index (χ0v) is 8.18. The number of aromatic nitrogens is 1. The van der Waals surface area contributed by atoms with E-state index in [1.54, 1.807) is 6.07 Å². The van der Waals surface area contributed by atoms with Crippen molar-refractivity contribution >= 4 is 17.3 Å². The van der Waals surface area contributed by atoms with Crippen LogP contribution in [0.4, 0.5) is 0 Å². The van der Waals surface area contributed by atoms with Crippen LogP contribution in [0.25, 0.3) is 10.9 Å². The average Bonchev–Trinajstić information content (AvgIpc) is 2.53. The lowest BCUT2D eigenvalue weighted by Crippen LogP contribution is -2.02. The molecule has 78 valence electrons. The maximum Gasteiger partial charge on any atom is 0.221 e. The fourth-order valence-electron chi connectivity index (χ4n) is 1.82. The second-order valence-corrected chi connectivity index (χ2v) is 3.33. The number of nitrogens with zero attached hydrogens (tertiary/aromatic N) is 1. The van der Waals surface area contributed by atoms with Crippen molar-refractivity contribution in [1.82, 2.24) is 4.57 Å². The van der Waals surface area contributed by atoms with Gasteiger partial charge in [0.05, 0.1) is 5.52 Å². The van der Waals surface area contributed by atoms with Crippen molar-refractivity contribution in [2.45, 2.75) is 6.42 Å². The first kappa shape index (κ1) is 9.73. The molecule has 1 heterocycles. The van der Waals surface area contributed by atoms with E-state index in [1.807, 2.05) is 18.2 Å². The summed E-state index contributed by atoms with van der Waals surface area (Å²) in [6.07, 6.45) is 1.17. The molecule has 4 nitrogen and oxygen atoms in total. The van der Waals surface area contributed by atoms with Crippen molar-refractivity contribution in [3.63, 3.8) is 0 Å². The van der Waals surface area contributed by atoms with Gasteiger partial charge in [0.2, 0.25) is 12.3 Å². The standard InChI is InChI=1S/C11H12N2O2/c12-6-5-9-8-3-1-2-4-10(8)13(7-14)11(9)15/h1-4,7,15H,5-6,12H2. The average molecular weight is 204 g/mol. The summed E-state index contributed by atoms with van der Waals surface area (Å²) in [6.45, 7) is 0.445. The first-order chi connectivity index (χ1) is 7.29. The van der Waals surface area contributed by atoms with E-state index < -0.39 is 0 Å². The van der Waals surface area contributed by atoms with Crippen molar-refractivity contribution in [1.29, 1.82) is 0 Å². The van der Waals surface area contributed by atoms with Gasteiger partial charge in [-0.3, -0.25) is 9.36 Å². The molecule has 0 saturated carbocycles. The third kappa shape index (κ3) is 1.39. The van der Waals surface area contributed by atoms with Gasteiger partial charge in [-0.15, -0.1) is 0 Å². The Labute approximate surface area is 86.9 Å². The molecular weight excluding hydrogens is 192 g/mol. The van der Waals surface area contributed by atoms with Crippen LogP contribution in [0.3, 0.4) is 0 Å². The van der Waals surface area contributed by atoms with Crippen LogP contribution in [0.15, 0.2) is 24.3 Å². The van der Waals surface area contributed by atoms with Gasteiger partial charge in [-0.25, -0.2) is 0 Å². The maximum atomic E-state index is 10.8. The summed E-state index contributed by atoms with van der Waals surface area (Å²) in [5.41, 5.74) is 6.91. The molecule has 0 fully saturated rings. The Hall–Kier alpha value is -1.81. The van der Waals surface area contributed by atoms with Crippen LogP contribution in [0.5, 0.6) is 5.88 Å². The van der Waals surface area contributed by atoms with E-state index in [0.717, 1.165) is 10.9 Å². The van der Waals surface area contributed by atoms with Crippen molar-refractivity contribution in [2.75, 3.05) is 6.54 Å². The Bertz CT molecular complexity index is 503. The molecule has 0 aliphatic rings. The lowest BCUT2D eigenvalue weighted by atomic mass is 10.1. The Kier molecular flexibility index (Phi) is 2.43. The van der Waals surface area contributed by atoms with E-state index in [1.165, 1.54) is 4.57 Å². The molecule has 0 radical (unpaired) electrons. The quantitative estimate of drug-likeness (QED) is 0.729. The summed E-state index contributed by atoms with van der Waals surface area (Å²) in [4.78, 5) is 10.8. The van der Waals surface area contributed by atoms with Gasteiger partial charge in [-0.1, -0.05) is 18.2 Å². The van der Waals surface area contributed by atoms with Crippen molar-refractivity contribution in [3.8, 4) is 5.88 Å². The van der Waals surface area contributed by atoms with Gasteiger partial charge in [0.1, 0.15) is 0 Å². The molecule has 0 aliphatic carbocycles. The number of fused-ring (bicyclic) bond motifs is 1. The molecule has 3 N–H and O–H groups in total. The van der Waals surface area contributed by atoms with Crippen molar-refractivity contribution in [3.05, 3.63) is 29.8 Å². The van der Waals surface area contributed by atoms with Crippen molar-refractivity contribution < 1.29 is 9.90 Å². The minimum atomic E-state index is -0.00310. The lowest BCUT2D eigenvalue weighted by Gasteiger charge is -1.96. The number of carbonyl (C=O) groups is 1. The SMILES string of the molecule is NCCc1c(O)n(C=O)c2ccccc12. The highest BCUT2D eigenvalue weighted by Gasteiger charge is 2.14. The molecule has 4 heteroatoms. The number of hydrogen-bond acceptors (Lipinski definition) is 3. The molecular formula is C11H12N2O2. The topological polar surface area (TPSA) is 68.2 Å². The Morgan fingerprint density at radius 1 is 1.40 bits per heavy atom. The highest BCUT2D eigenvalue weighted by Crippen LogP contribution is 2.30. The first-order valence-electron chi connectivity index (χ1n) is 4.75. The van der Waals surface area contributed by atoms with Crippen LogP contribution in [-0.2, 0) is 11.2 Å². The minimum Gasteiger partial charge on any atom is -0.494 e. The van der Waals surface area contributed by atoms with Gasteiger partial charge in [-0.2, -0.15) is 0 Å². The number of carbonyl (C=O) groups excluding carboxylic acids is 1. The smallest absolute Gasteiger partial charge is 0.221 e. The predicted molar refractivity (Wildman–Crippen MR) is 58.5 cm³/mol. The fraction of sp³-hybridized carbons (Fsp3) is 0.182. The van der Waals surface area contributed by atoms with Crippen LogP contribution in [0.2, 0.25) is 0 Å². The third-order valence-electron chi connectivity index (χ3n) is 2.49. The summed E-state index contributed by atoms with van der Waals surface area (Å²) in [5.74, 6) is -0.00310. The molecule has 0 saturated heterocycles. The van der Waals surface area contributed by atoms with E-state index in [2.05, 4.69) is 0 Å². The molecule has 15 heavy (non-hydrogen) atoms. The van der Waals surface area contributed by atoms with Gasteiger partial charge < -0.3 is 10.8 Å². The monoisotopic (exact) mass is 204 g/mol. The molecule has 0 amide bonds. The third-order valence-corrected chi connectivity index (χ3v) is 2.49. The summed E-state index contributed by atoms with van der Waals surface area (Å²) < 4.78 is 1.24. The first-order valence-corrected chi connectivity index (χ1v) is 4.75. The molecule has 1 aromatic carbocycles. The number of aromatic hydroxyl groups is 1. The predicted octanol–water partition coefficient (Wildman–Crippen LogP) is 0.886. The molecule has 2 rings (SSSR count). The fourth-order valence-corrected chi connectivity index (χ4v) is 1.82. The number of rotatable bonds is 3. The van der Waals surface area contributed by atoms with Gasteiger partial charge in [0.15, 0.2) is 0 Å².